The van der Waals surface area contributed by atoms with Crippen LogP contribution in [0.3, 0.4) is 0 Å². The number of benzene rings is 1. The van der Waals surface area contributed by atoms with Crippen molar-refractivity contribution in [1.29, 1.82) is 0 Å². The van der Waals surface area contributed by atoms with Crippen molar-refractivity contribution in [2.24, 2.45) is 10.9 Å². The highest BCUT2D eigenvalue weighted by molar-refractivity contribution is 5.97. The van der Waals surface area contributed by atoms with Gasteiger partial charge in [-0.2, -0.15) is 0 Å². The van der Waals surface area contributed by atoms with Crippen LogP contribution in [0.5, 0.6) is 0 Å². The first-order valence-corrected chi connectivity index (χ1v) is 4.37. The Labute approximate surface area is 106 Å². The van der Waals surface area contributed by atoms with E-state index in [4.69, 9.17) is 46.7 Å². The third kappa shape index (κ3) is 14.8. The SMILES string of the molecule is NC(=NO)c1ccc(N)cc1.O=C(O)O.O=C(O)O. The van der Waals surface area contributed by atoms with Crippen LogP contribution >= 0.6 is 0 Å². The van der Waals surface area contributed by atoms with E-state index in [1.165, 1.54) is 0 Å². The van der Waals surface area contributed by atoms with Crippen LogP contribution in [-0.2, 0) is 0 Å². The summed E-state index contributed by atoms with van der Waals surface area (Å²) < 4.78 is 0. The van der Waals surface area contributed by atoms with Crippen molar-refractivity contribution in [3.05, 3.63) is 29.8 Å². The summed E-state index contributed by atoms with van der Waals surface area (Å²) in [6.45, 7) is 0. The second-order valence-electron chi connectivity index (χ2n) is 2.67. The zero-order chi connectivity index (χ0) is 15.4. The van der Waals surface area contributed by atoms with Gasteiger partial charge in [0.15, 0.2) is 5.84 Å². The lowest BCUT2D eigenvalue weighted by Gasteiger charge is -1.97. The number of amidine groups is 1. The quantitative estimate of drug-likeness (QED) is 0.127. The number of hydrogen-bond donors (Lipinski definition) is 7. The molecule has 10 nitrogen and oxygen atoms in total. The van der Waals surface area contributed by atoms with Crippen molar-refractivity contribution in [3.63, 3.8) is 0 Å². The molecule has 0 aliphatic rings. The minimum atomic E-state index is -1.83. The van der Waals surface area contributed by atoms with Crippen LogP contribution in [0.1, 0.15) is 5.56 Å². The van der Waals surface area contributed by atoms with Crippen molar-refractivity contribution >= 4 is 23.8 Å². The Balaban J connectivity index is 0. The summed E-state index contributed by atoms with van der Waals surface area (Å²) in [5.41, 5.74) is 12.0. The average molecular weight is 275 g/mol. The fraction of sp³-hybridized carbons (Fsp3) is 0. The average Bonchev–Trinajstić information content (AvgIpc) is 2.27. The van der Waals surface area contributed by atoms with Crippen LogP contribution in [0.2, 0.25) is 0 Å². The highest BCUT2D eigenvalue weighted by Crippen LogP contribution is 2.04. The summed E-state index contributed by atoms with van der Waals surface area (Å²) in [6.07, 6.45) is -3.67. The monoisotopic (exact) mass is 275 g/mol. The minimum absolute atomic E-state index is 0.0880. The van der Waals surface area contributed by atoms with Crippen LogP contribution in [0.25, 0.3) is 0 Å². The summed E-state index contributed by atoms with van der Waals surface area (Å²) in [7, 11) is 0. The minimum Gasteiger partial charge on any atom is -0.450 e. The first-order chi connectivity index (χ1) is 8.70. The Morgan fingerprint density at radius 2 is 1.26 bits per heavy atom. The van der Waals surface area contributed by atoms with E-state index in [0.717, 1.165) is 0 Å². The van der Waals surface area contributed by atoms with Crippen molar-refractivity contribution in [2.75, 3.05) is 5.73 Å². The zero-order valence-corrected chi connectivity index (χ0v) is 9.46. The smallest absolute Gasteiger partial charge is 0.450 e. The molecule has 0 amide bonds. The fourth-order valence-electron chi connectivity index (χ4n) is 0.712. The number of carbonyl (C=O) groups is 2. The molecular weight excluding hydrogens is 262 g/mol. The molecule has 0 heterocycles. The van der Waals surface area contributed by atoms with Gasteiger partial charge < -0.3 is 37.1 Å². The van der Waals surface area contributed by atoms with Gasteiger partial charge in [-0.25, -0.2) is 9.59 Å². The second kappa shape index (κ2) is 10.0. The molecule has 0 atom stereocenters. The molecule has 0 spiro atoms. The molecule has 9 N–H and O–H groups in total. The number of oxime groups is 1. The van der Waals surface area contributed by atoms with Gasteiger partial charge in [0, 0.05) is 11.3 Å². The molecule has 10 heteroatoms. The highest BCUT2D eigenvalue weighted by Gasteiger charge is 1.95. The summed E-state index contributed by atoms with van der Waals surface area (Å²) in [5, 5.41) is 39.0. The molecule has 1 aromatic carbocycles. The number of nitrogens with zero attached hydrogens (tertiary/aromatic N) is 1. The van der Waals surface area contributed by atoms with E-state index >= 15 is 0 Å². The van der Waals surface area contributed by atoms with E-state index in [2.05, 4.69) is 5.16 Å². The van der Waals surface area contributed by atoms with Crippen LogP contribution in [0.15, 0.2) is 29.4 Å². The Kier molecular flexibility index (Phi) is 9.59. The van der Waals surface area contributed by atoms with Gasteiger partial charge in [-0.15, -0.1) is 0 Å². The number of hydrogen-bond acceptors (Lipinski definition) is 5. The van der Waals surface area contributed by atoms with Gasteiger partial charge in [0.1, 0.15) is 0 Å². The predicted molar refractivity (Wildman–Crippen MR) is 64.7 cm³/mol. The molecule has 0 radical (unpaired) electrons. The standard InChI is InChI=1S/C7H9N3O.2CH2O3/c8-6-3-1-5(2-4-6)7(9)10-11;2*2-1(3)4/h1-4,11H,8H2,(H2,9,10);2*(H2,2,3,4). The molecule has 0 aliphatic carbocycles. The summed E-state index contributed by atoms with van der Waals surface area (Å²) in [6, 6.07) is 6.75. The summed E-state index contributed by atoms with van der Waals surface area (Å²) in [4.78, 5) is 17.1. The lowest BCUT2D eigenvalue weighted by atomic mass is 10.2. The zero-order valence-electron chi connectivity index (χ0n) is 9.46. The molecular formula is C9H13N3O7. The predicted octanol–water partition coefficient (Wildman–Crippen LogP) is 0.808. The Bertz CT molecular complexity index is 410. The van der Waals surface area contributed by atoms with Gasteiger partial charge in [0.25, 0.3) is 0 Å². The molecule has 0 aromatic heterocycles. The lowest BCUT2D eigenvalue weighted by molar-refractivity contribution is 0.135. The van der Waals surface area contributed by atoms with Gasteiger partial charge in [-0.1, -0.05) is 5.16 Å². The molecule has 0 fully saturated rings. The molecule has 0 aliphatic heterocycles. The third-order valence-corrected chi connectivity index (χ3v) is 1.31. The first kappa shape index (κ1) is 18.2. The van der Waals surface area contributed by atoms with Crippen molar-refractivity contribution in [2.45, 2.75) is 0 Å². The number of carboxylic acid groups (broad SMARTS) is 4. The fourth-order valence-corrected chi connectivity index (χ4v) is 0.712. The van der Waals surface area contributed by atoms with Crippen LogP contribution in [0.4, 0.5) is 15.3 Å². The molecule has 0 saturated carbocycles. The van der Waals surface area contributed by atoms with Crippen LogP contribution in [0, 0.1) is 0 Å². The molecule has 1 aromatic rings. The number of nitrogen functional groups attached to an aromatic ring is 1. The topological polar surface area (TPSA) is 200 Å². The first-order valence-electron chi connectivity index (χ1n) is 4.37. The Morgan fingerprint density at radius 1 is 0.947 bits per heavy atom. The highest BCUT2D eigenvalue weighted by atomic mass is 16.6. The van der Waals surface area contributed by atoms with Gasteiger partial charge in [-0.3, -0.25) is 0 Å². The van der Waals surface area contributed by atoms with Crippen LogP contribution in [-0.4, -0.2) is 43.8 Å². The maximum atomic E-state index is 8.56. The molecule has 0 bridgehead atoms. The second-order valence-corrected chi connectivity index (χ2v) is 2.67. The molecule has 106 valence electrons. The Hall–Kier alpha value is -3.17. The van der Waals surface area contributed by atoms with E-state index in [1.807, 2.05) is 0 Å². The molecule has 0 unspecified atom stereocenters. The van der Waals surface area contributed by atoms with Crippen molar-refractivity contribution in [1.82, 2.24) is 0 Å². The van der Waals surface area contributed by atoms with Gasteiger partial charge in [0.2, 0.25) is 0 Å². The lowest BCUT2D eigenvalue weighted by Crippen LogP contribution is -2.12. The summed E-state index contributed by atoms with van der Waals surface area (Å²) >= 11 is 0. The van der Waals surface area contributed by atoms with Crippen molar-refractivity contribution in [3.8, 4) is 0 Å². The van der Waals surface area contributed by atoms with E-state index in [9.17, 15) is 0 Å². The van der Waals surface area contributed by atoms with Crippen molar-refractivity contribution < 1.29 is 35.2 Å². The number of nitrogens with two attached hydrogens (primary N) is 2. The van der Waals surface area contributed by atoms with E-state index < -0.39 is 12.3 Å². The molecule has 19 heavy (non-hydrogen) atoms. The third-order valence-electron chi connectivity index (χ3n) is 1.31. The van der Waals surface area contributed by atoms with Crippen LogP contribution < -0.4 is 11.5 Å². The number of rotatable bonds is 1. The maximum absolute atomic E-state index is 8.56. The van der Waals surface area contributed by atoms with Gasteiger partial charge in [0.05, 0.1) is 0 Å². The summed E-state index contributed by atoms with van der Waals surface area (Å²) in [5.74, 6) is 0.0880. The Morgan fingerprint density at radius 3 is 1.53 bits per heavy atom. The molecule has 0 saturated heterocycles. The number of anilines is 1. The van der Waals surface area contributed by atoms with Gasteiger partial charge >= 0.3 is 12.3 Å². The molecule has 1 rings (SSSR count). The maximum Gasteiger partial charge on any atom is 0.503 e. The van der Waals surface area contributed by atoms with Gasteiger partial charge in [-0.05, 0) is 24.3 Å². The van der Waals surface area contributed by atoms with E-state index in [1.54, 1.807) is 24.3 Å². The normalized spacial score (nSPS) is 9.16. The largest absolute Gasteiger partial charge is 0.503 e. The van der Waals surface area contributed by atoms with E-state index in [0.29, 0.717) is 11.3 Å². The van der Waals surface area contributed by atoms with E-state index in [-0.39, 0.29) is 5.84 Å².